The molecule has 0 saturated carbocycles. The molecule has 1 aliphatic rings. The first-order chi connectivity index (χ1) is 18.4. The molecule has 1 aliphatic heterocycles. The molecule has 0 radical (unpaired) electrons. The van der Waals surface area contributed by atoms with E-state index in [1.165, 1.54) is 46.8 Å². The van der Waals surface area contributed by atoms with Crippen molar-refractivity contribution in [2.75, 3.05) is 19.7 Å². The largest absolute Gasteiger partial charge is 0.491 e. The molecule has 208 valence electrons. The molecule has 14 heteroatoms. The Balaban J connectivity index is 1.75. The summed E-state index contributed by atoms with van der Waals surface area (Å²) in [5, 5.41) is 28.4. The lowest BCUT2D eigenvalue weighted by molar-refractivity contribution is -0.148. The van der Waals surface area contributed by atoms with Crippen LogP contribution >= 0.6 is 0 Å². The van der Waals surface area contributed by atoms with Gasteiger partial charge >= 0.3 is 11.9 Å². The fraction of sp³-hybridized carbons (Fsp3) is 0.320. The van der Waals surface area contributed by atoms with Gasteiger partial charge < -0.3 is 26.0 Å². The van der Waals surface area contributed by atoms with Crippen LogP contribution in [0, 0.1) is 5.41 Å². The number of carbonyl (C=O) groups is 4. The fourth-order valence-electron chi connectivity index (χ4n) is 3.93. The first-order valence-corrected chi connectivity index (χ1v) is 13.3. The van der Waals surface area contributed by atoms with Crippen molar-refractivity contribution in [3.63, 3.8) is 0 Å². The first-order valence-electron chi connectivity index (χ1n) is 11.9. The summed E-state index contributed by atoms with van der Waals surface area (Å²) in [5.41, 5.74) is 5.98. The van der Waals surface area contributed by atoms with Crippen LogP contribution in [0.1, 0.15) is 40.7 Å². The number of aliphatic carboxylic acids is 2. The van der Waals surface area contributed by atoms with Crippen molar-refractivity contribution >= 4 is 39.5 Å². The molecule has 2 aromatic carbocycles. The van der Waals surface area contributed by atoms with E-state index >= 15 is 0 Å². The minimum atomic E-state index is -3.67. The molecule has 39 heavy (non-hydrogen) atoms. The highest BCUT2D eigenvalue weighted by molar-refractivity contribution is 7.89. The van der Waals surface area contributed by atoms with Crippen molar-refractivity contribution in [3.8, 4) is 5.75 Å². The van der Waals surface area contributed by atoms with E-state index in [0.717, 1.165) is 12.8 Å². The molecule has 13 nitrogen and oxygen atoms in total. The van der Waals surface area contributed by atoms with Crippen molar-refractivity contribution in [1.29, 1.82) is 5.41 Å². The number of carboxylic acids is 2. The van der Waals surface area contributed by atoms with Gasteiger partial charge in [0.15, 0.2) is 0 Å². The number of rotatable bonds is 13. The number of benzene rings is 2. The maximum absolute atomic E-state index is 12.8. The second-order valence-corrected chi connectivity index (χ2v) is 10.8. The highest BCUT2D eigenvalue weighted by Crippen LogP contribution is 2.23. The van der Waals surface area contributed by atoms with Crippen LogP contribution in [-0.4, -0.2) is 78.1 Å². The summed E-state index contributed by atoms with van der Waals surface area (Å²) in [4.78, 5) is 47.0. The first kappa shape index (κ1) is 29.3. The maximum atomic E-state index is 12.8. The van der Waals surface area contributed by atoms with Gasteiger partial charge in [-0.05, 0) is 43.2 Å². The topological polar surface area (TPSA) is 217 Å². The summed E-state index contributed by atoms with van der Waals surface area (Å²) in [7, 11) is -3.67. The van der Waals surface area contributed by atoms with E-state index in [1.54, 1.807) is 0 Å². The number of nitrogens with two attached hydrogens (primary N) is 1. The predicted octanol–water partition coefficient (Wildman–Crippen LogP) is 0.603. The van der Waals surface area contributed by atoms with Crippen LogP contribution in [0.2, 0.25) is 0 Å². The molecule has 0 spiro atoms. The van der Waals surface area contributed by atoms with Gasteiger partial charge in [-0.15, -0.1) is 0 Å². The average molecular weight is 561 g/mol. The Hall–Kier alpha value is -4.30. The van der Waals surface area contributed by atoms with Crippen molar-refractivity contribution < 1.29 is 42.5 Å². The highest BCUT2D eigenvalue weighted by Gasteiger charge is 2.27. The lowest BCUT2D eigenvalue weighted by Crippen LogP contribution is -2.40. The fourth-order valence-corrected chi connectivity index (χ4v) is 5.45. The van der Waals surface area contributed by atoms with E-state index in [1.807, 2.05) is 0 Å². The van der Waals surface area contributed by atoms with Crippen molar-refractivity contribution in [2.24, 2.45) is 5.73 Å². The molecule has 3 rings (SSSR count). The maximum Gasteiger partial charge on any atom is 0.372 e. The number of nitrogens with zero attached hydrogens (tertiary/aromatic N) is 1. The zero-order chi connectivity index (χ0) is 28.7. The summed E-state index contributed by atoms with van der Waals surface area (Å²) in [6.45, 7) is 0.487. The Labute approximate surface area is 224 Å². The molecule has 6 N–H and O–H groups in total. The highest BCUT2D eigenvalue weighted by atomic mass is 32.2. The zero-order valence-corrected chi connectivity index (χ0v) is 21.6. The summed E-state index contributed by atoms with van der Waals surface area (Å²) < 4.78 is 32.4. The van der Waals surface area contributed by atoms with Crippen molar-refractivity contribution in [3.05, 3.63) is 59.2 Å². The van der Waals surface area contributed by atoms with Gasteiger partial charge in [-0.2, -0.15) is 4.31 Å². The number of ketones is 1. The third-order valence-electron chi connectivity index (χ3n) is 5.98. The third kappa shape index (κ3) is 7.61. The number of ether oxygens (including phenoxy) is 1. The van der Waals surface area contributed by atoms with Gasteiger partial charge in [0.05, 0.1) is 17.4 Å². The second kappa shape index (κ2) is 12.5. The molecular formula is C25H28N4O9S. The van der Waals surface area contributed by atoms with Crippen LogP contribution in [0.5, 0.6) is 5.75 Å². The zero-order valence-electron chi connectivity index (χ0n) is 20.8. The van der Waals surface area contributed by atoms with E-state index < -0.39 is 52.5 Å². The average Bonchev–Trinajstić information content (AvgIpc) is 3.43. The standard InChI is InChI=1S/C25H28N4O9S/c26-23(27)17-4-3-16(11-20(30)25(34)35)21(12-17)38-14-18(13-22(31)32)28-24(33)15-5-7-19(8-6-15)39(36,37)29-9-1-2-10-29/h3-8,12,18H,1-2,9-11,13-14H2,(H3,26,27)(H,28,33)(H,31,32)(H,34,35)/t18-/m1/s1. The molecule has 1 saturated heterocycles. The molecule has 0 aromatic heterocycles. The number of amidine groups is 1. The normalized spacial score (nSPS) is 14.4. The monoisotopic (exact) mass is 560 g/mol. The predicted molar refractivity (Wildman–Crippen MR) is 137 cm³/mol. The van der Waals surface area contributed by atoms with Crippen LogP contribution < -0.4 is 15.8 Å². The molecule has 1 heterocycles. The van der Waals surface area contributed by atoms with Crippen molar-refractivity contribution in [1.82, 2.24) is 9.62 Å². The molecular weight excluding hydrogens is 532 g/mol. The lowest BCUT2D eigenvalue weighted by Gasteiger charge is -2.20. The van der Waals surface area contributed by atoms with Crippen LogP contribution in [0.3, 0.4) is 0 Å². The minimum absolute atomic E-state index is 0.00147. The van der Waals surface area contributed by atoms with Crippen LogP contribution in [-0.2, 0) is 30.8 Å². The third-order valence-corrected chi connectivity index (χ3v) is 7.90. The molecule has 1 atom stereocenters. The Kier molecular flexibility index (Phi) is 9.37. The number of amides is 1. The molecule has 2 aromatic rings. The van der Waals surface area contributed by atoms with Crippen LogP contribution in [0.4, 0.5) is 0 Å². The van der Waals surface area contributed by atoms with E-state index in [9.17, 15) is 32.7 Å². The smallest absolute Gasteiger partial charge is 0.372 e. The van der Waals surface area contributed by atoms with E-state index in [-0.39, 0.29) is 39.8 Å². The van der Waals surface area contributed by atoms with E-state index in [4.69, 9.17) is 21.0 Å². The Morgan fingerprint density at radius 3 is 2.21 bits per heavy atom. The molecule has 1 fully saturated rings. The Morgan fingerprint density at radius 2 is 1.64 bits per heavy atom. The van der Waals surface area contributed by atoms with Gasteiger partial charge in [-0.3, -0.25) is 19.8 Å². The van der Waals surface area contributed by atoms with Gasteiger partial charge in [-0.25, -0.2) is 13.2 Å². The summed E-state index contributed by atoms with van der Waals surface area (Å²) >= 11 is 0. The van der Waals surface area contributed by atoms with Crippen molar-refractivity contribution in [2.45, 2.75) is 36.6 Å². The summed E-state index contributed by atoms with van der Waals surface area (Å²) in [5.74, 6) is -4.99. The van der Waals surface area contributed by atoms with E-state index in [2.05, 4.69) is 5.32 Å². The number of carbonyl (C=O) groups excluding carboxylic acids is 2. The van der Waals surface area contributed by atoms with Gasteiger partial charge in [0.2, 0.25) is 15.8 Å². The minimum Gasteiger partial charge on any atom is -0.491 e. The number of carboxylic acid groups (broad SMARTS) is 2. The quantitative estimate of drug-likeness (QED) is 0.130. The SMILES string of the molecule is N=C(N)c1ccc(CC(=O)C(=O)O)c(OC[C@@H](CC(=O)O)NC(=O)c2ccc(S(=O)(=O)N3CCCC3)cc2)c1. The van der Waals surface area contributed by atoms with Gasteiger partial charge in [0, 0.05) is 36.2 Å². The number of sulfonamides is 1. The van der Waals surface area contributed by atoms with Gasteiger partial charge in [0.25, 0.3) is 5.91 Å². The molecule has 1 amide bonds. The Morgan fingerprint density at radius 1 is 1.03 bits per heavy atom. The van der Waals surface area contributed by atoms with Crippen LogP contribution in [0.15, 0.2) is 47.4 Å². The summed E-state index contributed by atoms with van der Waals surface area (Å²) in [6, 6.07) is 8.29. The number of nitrogens with one attached hydrogen (secondary N) is 2. The molecule has 0 bridgehead atoms. The molecule has 0 unspecified atom stereocenters. The summed E-state index contributed by atoms with van der Waals surface area (Å²) in [6.07, 6.45) is 0.501. The number of hydrogen-bond acceptors (Lipinski definition) is 8. The van der Waals surface area contributed by atoms with Gasteiger partial charge in [0.1, 0.15) is 18.2 Å². The lowest BCUT2D eigenvalue weighted by atomic mass is 10.0. The second-order valence-electron chi connectivity index (χ2n) is 8.86. The van der Waals surface area contributed by atoms with E-state index in [0.29, 0.717) is 13.1 Å². The number of nitrogen functional groups attached to an aromatic ring is 1. The Bertz CT molecular complexity index is 1380. The molecule has 0 aliphatic carbocycles. The number of Topliss-reactive ketones (excluding diaryl/α,β-unsaturated/α-hetero) is 1. The van der Waals surface area contributed by atoms with Gasteiger partial charge in [-0.1, -0.05) is 12.1 Å². The number of hydrogen-bond donors (Lipinski definition) is 5. The van der Waals surface area contributed by atoms with Crippen LogP contribution in [0.25, 0.3) is 0 Å².